The van der Waals surface area contributed by atoms with Crippen molar-refractivity contribution >= 4 is 17.7 Å². The van der Waals surface area contributed by atoms with Crippen molar-refractivity contribution in [3.8, 4) is 0 Å². The Bertz CT molecular complexity index is 186. The summed E-state index contributed by atoms with van der Waals surface area (Å²) in [5.74, 6) is 0.698. The van der Waals surface area contributed by atoms with Gasteiger partial charge in [-0.3, -0.25) is 4.79 Å². The van der Waals surface area contributed by atoms with Gasteiger partial charge in [0.25, 0.3) is 0 Å². The third-order valence-corrected chi connectivity index (χ3v) is 3.36. The number of methoxy groups -OCH3 is 1. The van der Waals surface area contributed by atoms with Gasteiger partial charge in [-0.2, -0.15) is 0 Å². The van der Waals surface area contributed by atoms with Gasteiger partial charge in [0.15, 0.2) is 0 Å². The lowest BCUT2D eigenvalue weighted by atomic mass is 10.3. The Labute approximate surface area is 90.2 Å². The topological polar surface area (TPSA) is 50.4 Å². The second-order valence-electron chi connectivity index (χ2n) is 3.37. The highest BCUT2D eigenvalue weighted by Gasteiger charge is 2.22. The summed E-state index contributed by atoms with van der Waals surface area (Å²) < 4.78 is 5.25. The maximum Gasteiger partial charge on any atom is 0.237 e. The summed E-state index contributed by atoms with van der Waals surface area (Å²) in [5.41, 5.74) is 0. The number of nitrogens with one attached hydrogen (secondary N) is 2. The molecule has 0 aromatic rings. The second kappa shape index (κ2) is 6.27. The molecule has 0 bridgehead atoms. The summed E-state index contributed by atoms with van der Waals surface area (Å²) >= 11 is 1.61. The van der Waals surface area contributed by atoms with Crippen LogP contribution in [0.3, 0.4) is 0 Å². The standard InChI is InChI=1S/C9H20N2O2S/c1-9(2,13-5)14-6-7(10-3)8(12)11-4/h7,10H,6H2,1-5H3,(H,11,12)/t7-/m0/s1. The number of likely N-dealkylation sites (N-methyl/N-ethyl adjacent to an activating group) is 2. The van der Waals surface area contributed by atoms with Crippen molar-refractivity contribution in [3.05, 3.63) is 0 Å². The maximum absolute atomic E-state index is 11.3. The van der Waals surface area contributed by atoms with Crippen molar-refractivity contribution in [2.75, 3.05) is 27.0 Å². The Kier molecular flexibility index (Phi) is 6.15. The van der Waals surface area contributed by atoms with Gasteiger partial charge in [0.2, 0.25) is 5.91 Å². The lowest BCUT2D eigenvalue weighted by Gasteiger charge is -2.24. The summed E-state index contributed by atoms with van der Waals surface area (Å²) in [6, 6.07) is -0.167. The van der Waals surface area contributed by atoms with Gasteiger partial charge >= 0.3 is 0 Å². The summed E-state index contributed by atoms with van der Waals surface area (Å²) in [6.07, 6.45) is 0. The predicted molar refractivity (Wildman–Crippen MR) is 60.5 cm³/mol. The van der Waals surface area contributed by atoms with Crippen molar-refractivity contribution in [3.63, 3.8) is 0 Å². The first-order valence-corrected chi connectivity index (χ1v) is 5.53. The molecule has 0 unspecified atom stereocenters. The lowest BCUT2D eigenvalue weighted by molar-refractivity contribution is -0.122. The normalized spacial score (nSPS) is 13.8. The molecule has 0 aromatic carbocycles. The van der Waals surface area contributed by atoms with Crippen molar-refractivity contribution in [2.45, 2.75) is 24.8 Å². The molecule has 84 valence electrons. The van der Waals surface area contributed by atoms with Gasteiger partial charge in [-0.05, 0) is 20.9 Å². The third-order valence-electron chi connectivity index (χ3n) is 2.00. The fraction of sp³-hybridized carbons (Fsp3) is 0.889. The molecule has 2 N–H and O–H groups in total. The zero-order chi connectivity index (χ0) is 11.2. The molecule has 0 aliphatic heterocycles. The fourth-order valence-corrected chi connectivity index (χ4v) is 1.81. The van der Waals surface area contributed by atoms with E-state index < -0.39 is 0 Å². The Morgan fingerprint density at radius 1 is 1.50 bits per heavy atom. The molecule has 1 atom stereocenters. The first-order valence-electron chi connectivity index (χ1n) is 4.54. The minimum Gasteiger partial charge on any atom is -0.368 e. The van der Waals surface area contributed by atoms with Gasteiger partial charge in [-0.25, -0.2) is 0 Å². The van der Waals surface area contributed by atoms with Crippen LogP contribution in [0.2, 0.25) is 0 Å². The Morgan fingerprint density at radius 2 is 2.07 bits per heavy atom. The smallest absolute Gasteiger partial charge is 0.237 e. The van der Waals surface area contributed by atoms with Crippen LogP contribution in [0.15, 0.2) is 0 Å². The van der Waals surface area contributed by atoms with E-state index in [1.807, 2.05) is 13.8 Å². The number of carbonyl (C=O) groups is 1. The quantitative estimate of drug-likeness (QED) is 0.638. The number of rotatable bonds is 6. The van der Waals surface area contributed by atoms with E-state index in [4.69, 9.17) is 4.74 Å². The van der Waals surface area contributed by atoms with Crippen LogP contribution < -0.4 is 10.6 Å². The first kappa shape index (κ1) is 13.7. The molecule has 0 spiro atoms. The molecule has 0 aliphatic rings. The highest BCUT2D eigenvalue weighted by atomic mass is 32.2. The van der Waals surface area contributed by atoms with E-state index in [0.717, 1.165) is 0 Å². The van der Waals surface area contributed by atoms with Crippen LogP contribution in [0.25, 0.3) is 0 Å². The predicted octanol–water partition coefficient (Wildman–Crippen LogP) is 0.436. The Balaban J connectivity index is 4.02. The average Bonchev–Trinajstić information content (AvgIpc) is 2.18. The van der Waals surface area contributed by atoms with Gasteiger partial charge in [0.05, 0.1) is 6.04 Å². The van der Waals surface area contributed by atoms with E-state index in [9.17, 15) is 4.79 Å². The Morgan fingerprint density at radius 3 is 2.43 bits per heavy atom. The molecule has 0 rings (SSSR count). The van der Waals surface area contributed by atoms with E-state index in [1.165, 1.54) is 0 Å². The number of ether oxygens (including phenoxy) is 1. The van der Waals surface area contributed by atoms with Crippen LogP contribution in [0.1, 0.15) is 13.8 Å². The SMILES string of the molecule is CNC(=O)[C@H](CSC(C)(C)OC)NC. The van der Waals surface area contributed by atoms with Crippen molar-refractivity contribution in [2.24, 2.45) is 0 Å². The number of thioether (sulfide) groups is 1. The number of hydrogen-bond acceptors (Lipinski definition) is 4. The number of amides is 1. The lowest BCUT2D eigenvalue weighted by Crippen LogP contribution is -2.43. The second-order valence-corrected chi connectivity index (χ2v) is 4.98. The molecule has 0 saturated heterocycles. The highest BCUT2D eigenvalue weighted by Crippen LogP contribution is 2.25. The molecule has 14 heavy (non-hydrogen) atoms. The minimum absolute atomic E-state index is 0.00639. The molecule has 4 nitrogen and oxygen atoms in total. The van der Waals surface area contributed by atoms with Gasteiger partial charge in [-0.15, -0.1) is 11.8 Å². The van der Waals surface area contributed by atoms with Gasteiger partial charge in [0.1, 0.15) is 4.93 Å². The molecule has 0 heterocycles. The zero-order valence-electron chi connectivity index (χ0n) is 9.51. The molecule has 0 aromatic heterocycles. The average molecular weight is 220 g/mol. The monoisotopic (exact) mass is 220 g/mol. The van der Waals surface area contributed by atoms with Crippen LogP contribution >= 0.6 is 11.8 Å². The third kappa shape index (κ3) is 4.83. The Hall–Kier alpha value is -0.260. The number of carbonyl (C=O) groups excluding carboxylic acids is 1. The summed E-state index contributed by atoms with van der Waals surface area (Å²) in [5, 5.41) is 5.58. The molecule has 1 amide bonds. The van der Waals surface area contributed by atoms with Crippen molar-refractivity contribution in [1.82, 2.24) is 10.6 Å². The maximum atomic E-state index is 11.3. The summed E-state index contributed by atoms with van der Waals surface area (Å²) in [7, 11) is 5.08. The highest BCUT2D eigenvalue weighted by molar-refractivity contribution is 8.00. The summed E-state index contributed by atoms with van der Waals surface area (Å²) in [4.78, 5) is 11.1. The van der Waals surface area contributed by atoms with E-state index in [1.54, 1.807) is 33.0 Å². The summed E-state index contributed by atoms with van der Waals surface area (Å²) in [6.45, 7) is 3.96. The van der Waals surface area contributed by atoms with Crippen LogP contribution in [-0.2, 0) is 9.53 Å². The van der Waals surface area contributed by atoms with Crippen LogP contribution in [0.5, 0.6) is 0 Å². The molecular weight excluding hydrogens is 200 g/mol. The van der Waals surface area contributed by atoms with Crippen LogP contribution in [0.4, 0.5) is 0 Å². The van der Waals surface area contributed by atoms with Crippen LogP contribution in [-0.4, -0.2) is 43.8 Å². The molecule has 0 radical (unpaired) electrons. The number of hydrogen-bond donors (Lipinski definition) is 2. The van der Waals surface area contributed by atoms with Gasteiger partial charge in [0, 0.05) is 19.9 Å². The van der Waals surface area contributed by atoms with Gasteiger partial charge < -0.3 is 15.4 Å². The van der Waals surface area contributed by atoms with E-state index in [2.05, 4.69) is 10.6 Å². The zero-order valence-corrected chi connectivity index (χ0v) is 10.3. The fourth-order valence-electron chi connectivity index (χ4n) is 0.807. The molecule has 0 saturated carbocycles. The van der Waals surface area contributed by atoms with Crippen LogP contribution in [0, 0.1) is 0 Å². The molecule has 0 aliphatic carbocycles. The molecule has 0 fully saturated rings. The van der Waals surface area contributed by atoms with E-state index in [-0.39, 0.29) is 16.9 Å². The van der Waals surface area contributed by atoms with Crippen molar-refractivity contribution < 1.29 is 9.53 Å². The van der Waals surface area contributed by atoms with Gasteiger partial charge in [-0.1, -0.05) is 0 Å². The minimum atomic E-state index is -0.247. The van der Waals surface area contributed by atoms with Crippen molar-refractivity contribution in [1.29, 1.82) is 0 Å². The van der Waals surface area contributed by atoms with E-state index in [0.29, 0.717) is 5.75 Å². The molecular formula is C9H20N2O2S. The largest absolute Gasteiger partial charge is 0.368 e. The first-order chi connectivity index (χ1) is 6.46. The molecule has 5 heteroatoms. The van der Waals surface area contributed by atoms with E-state index >= 15 is 0 Å².